The molecular weight excluding hydrogens is 274 g/mol. The van der Waals surface area contributed by atoms with Crippen LogP contribution in [0.2, 0.25) is 0 Å². The molecule has 0 radical (unpaired) electrons. The Morgan fingerprint density at radius 2 is 1.85 bits per heavy atom. The molecule has 6 heteroatoms. The quantitative estimate of drug-likeness (QED) is 0.917. The number of sulfonamides is 1. The van der Waals surface area contributed by atoms with Crippen molar-refractivity contribution in [1.29, 1.82) is 0 Å². The molecular formula is C14H19N3O2S. The molecule has 5 nitrogen and oxygen atoms in total. The molecule has 1 aromatic carbocycles. The smallest absolute Gasteiger partial charge is 0.240 e. The molecule has 0 spiro atoms. The van der Waals surface area contributed by atoms with E-state index in [-0.39, 0.29) is 11.4 Å². The lowest BCUT2D eigenvalue weighted by molar-refractivity contribution is 0.579. The van der Waals surface area contributed by atoms with E-state index in [1.165, 1.54) is 0 Å². The van der Waals surface area contributed by atoms with Gasteiger partial charge in [-0.1, -0.05) is 26.0 Å². The molecule has 0 aliphatic heterocycles. The van der Waals surface area contributed by atoms with Gasteiger partial charge in [0.15, 0.2) is 0 Å². The second-order valence-corrected chi connectivity index (χ2v) is 6.80. The molecule has 0 fully saturated rings. The number of hydrogen-bond acceptors (Lipinski definition) is 3. The largest absolute Gasteiger partial charge is 0.276 e. The zero-order chi connectivity index (χ0) is 14.8. The second-order valence-electron chi connectivity index (χ2n) is 5.03. The Balaban J connectivity index is 2.09. The van der Waals surface area contributed by atoms with Crippen LogP contribution < -0.4 is 4.72 Å². The number of rotatable bonds is 5. The number of aromatic nitrogens is 2. The van der Waals surface area contributed by atoms with Crippen LogP contribution in [0.3, 0.4) is 0 Å². The molecule has 0 aliphatic carbocycles. The summed E-state index contributed by atoms with van der Waals surface area (Å²) in [6.45, 7) is 4.33. The summed E-state index contributed by atoms with van der Waals surface area (Å²) in [5.74, 6) is 0.383. The molecule has 2 rings (SSSR count). The normalized spacial score (nSPS) is 12.0. The number of hydrogen-bond donors (Lipinski definition) is 1. The summed E-state index contributed by atoms with van der Waals surface area (Å²) in [6, 6.07) is 8.75. The zero-order valence-electron chi connectivity index (χ0n) is 11.9. The molecule has 1 aromatic heterocycles. The Morgan fingerprint density at radius 3 is 2.35 bits per heavy atom. The molecule has 1 N–H and O–H groups in total. The van der Waals surface area contributed by atoms with Gasteiger partial charge in [0.2, 0.25) is 10.0 Å². The fourth-order valence-corrected chi connectivity index (χ4v) is 2.84. The van der Waals surface area contributed by atoms with Gasteiger partial charge in [0, 0.05) is 13.2 Å². The van der Waals surface area contributed by atoms with Crippen LogP contribution in [-0.2, 0) is 23.6 Å². The third-order valence-corrected chi connectivity index (χ3v) is 4.49. The van der Waals surface area contributed by atoms with Crippen molar-refractivity contribution >= 4 is 10.0 Å². The molecule has 2 aromatic rings. The van der Waals surface area contributed by atoms with Gasteiger partial charge in [0.25, 0.3) is 0 Å². The molecule has 20 heavy (non-hydrogen) atoms. The van der Waals surface area contributed by atoms with Gasteiger partial charge in [-0.05, 0) is 29.7 Å². The van der Waals surface area contributed by atoms with Gasteiger partial charge in [0.1, 0.15) is 0 Å². The monoisotopic (exact) mass is 293 g/mol. The minimum Gasteiger partial charge on any atom is -0.276 e. The minimum atomic E-state index is -3.49. The summed E-state index contributed by atoms with van der Waals surface area (Å²) in [7, 11) is -1.70. The van der Waals surface area contributed by atoms with Crippen LogP contribution >= 0.6 is 0 Å². The van der Waals surface area contributed by atoms with E-state index in [1.807, 2.05) is 12.1 Å². The zero-order valence-corrected chi connectivity index (χ0v) is 12.7. The lowest BCUT2D eigenvalue weighted by atomic mass is 10.0. The van der Waals surface area contributed by atoms with Gasteiger partial charge >= 0.3 is 0 Å². The average Bonchev–Trinajstić information content (AvgIpc) is 2.82. The van der Waals surface area contributed by atoms with Gasteiger partial charge in [-0.3, -0.25) is 4.68 Å². The fraction of sp³-hybridized carbons (Fsp3) is 0.357. The highest BCUT2D eigenvalue weighted by atomic mass is 32.2. The van der Waals surface area contributed by atoms with Crippen molar-refractivity contribution in [2.75, 3.05) is 0 Å². The van der Waals surface area contributed by atoms with Gasteiger partial charge in [0.05, 0.1) is 17.1 Å². The summed E-state index contributed by atoms with van der Waals surface area (Å²) < 4.78 is 28.5. The van der Waals surface area contributed by atoms with E-state index < -0.39 is 10.0 Å². The maximum absolute atomic E-state index is 12.1. The predicted molar refractivity (Wildman–Crippen MR) is 77.8 cm³/mol. The van der Waals surface area contributed by atoms with Crippen molar-refractivity contribution in [3.05, 3.63) is 47.8 Å². The maximum atomic E-state index is 12.1. The van der Waals surface area contributed by atoms with Crippen LogP contribution in [0.1, 0.15) is 31.0 Å². The van der Waals surface area contributed by atoms with Gasteiger partial charge in [-0.15, -0.1) is 0 Å². The SMILES string of the molecule is CC(C)c1ccc(S(=O)(=O)NCc2ccn(C)n2)cc1. The van der Waals surface area contributed by atoms with Gasteiger partial charge in [-0.2, -0.15) is 5.10 Å². The van der Waals surface area contributed by atoms with Gasteiger partial charge < -0.3 is 0 Å². The molecule has 108 valence electrons. The highest BCUT2D eigenvalue weighted by Gasteiger charge is 2.14. The number of benzene rings is 1. The summed E-state index contributed by atoms with van der Waals surface area (Å²) >= 11 is 0. The Bertz CT molecular complexity index is 673. The lowest BCUT2D eigenvalue weighted by Gasteiger charge is -2.08. The number of nitrogens with zero attached hydrogens (tertiary/aromatic N) is 2. The Hall–Kier alpha value is -1.66. The van der Waals surface area contributed by atoms with Crippen molar-refractivity contribution in [2.24, 2.45) is 7.05 Å². The highest BCUT2D eigenvalue weighted by molar-refractivity contribution is 7.89. The van der Waals surface area contributed by atoms with Crippen LogP contribution in [0, 0.1) is 0 Å². The standard InChI is InChI=1S/C14H19N3O2S/c1-11(2)12-4-6-14(7-5-12)20(18,19)15-10-13-8-9-17(3)16-13/h4-9,11,15H,10H2,1-3H3. The molecule has 0 saturated carbocycles. The first-order valence-corrected chi connectivity index (χ1v) is 7.95. The number of aryl methyl sites for hydroxylation is 1. The van der Waals surface area contributed by atoms with Crippen molar-refractivity contribution < 1.29 is 8.42 Å². The Labute approximate surface area is 119 Å². The van der Waals surface area contributed by atoms with Crippen LogP contribution in [0.15, 0.2) is 41.4 Å². The van der Waals surface area contributed by atoms with E-state index in [2.05, 4.69) is 23.7 Å². The second kappa shape index (κ2) is 5.76. The van der Waals surface area contributed by atoms with E-state index in [4.69, 9.17) is 0 Å². The first kappa shape index (κ1) is 14.7. The molecule has 0 atom stereocenters. The molecule has 0 unspecified atom stereocenters. The van der Waals surface area contributed by atoms with Crippen LogP contribution in [-0.4, -0.2) is 18.2 Å². The molecule has 0 bridgehead atoms. The maximum Gasteiger partial charge on any atom is 0.240 e. The summed E-state index contributed by atoms with van der Waals surface area (Å²) in [6.07, 6.45) is 1.78. The van der Waals surface area contributed by atoms with E-state index in [9.17, 15) is 8.42 Å². The van der Waals surface area contributed by atoms with Crippen molar-refractivity contribution in [2.45, 2.75) is 31.2 Å². The summed E-state index contributed by atoms with van der Waals surface area (Å²) in [4.78, 5) is 0.276. The minimum absolute atomic E-state index is 0.190. The van der Waals surface area contributed by atoms with Crippen LogP contribution in [0.25, 0.3) is 0 Å². The van der Waals surface area contributed by atoms with Crippen molar-refractivity contribution in [3.8, 4) is 0 Å². The first-order chi connectivity index (χ1) is 9.38. The van der Waals surface area contributed by atoms with Gasteiger partial charge in [-0.25, -0.2) is 13.1 Å². The lowest BCUT2D eigenvalue weighted by Crippen LogP contribution is -2.23. The number of nitrogens with one attached hydrogen (secondary N) is 1. The first-order valence-electron chi connectivity index (χ1n) is 6.46. The third-order valence-electron chi connectivity index (χ3n) is 3.07. The molecule has 1 heterocycles. The van der Waals surface area contributed by atoms with E-state index >= 15 is 0 Å². The molecule has 0 amide bonds. The van der Waals surface area contributed by atoms with Crippen molar-refractivity contribution in [3.63, 3.8) is 0 Å². The van der Waals surface area contributed by atoms with E-state index in [1.54, 1.807) is 36.1 Å². The highest BCUT2D eigenvalue weighted by Crippen LogP contribution is 2.17. The van der Waals surface area contributed by atoms with E-state index in [0.717, 1.165) is 5.56 Å². The predicted octanol–water partition coefficient (Wildman–Crippen LogP) is 2.02. The van der Waals surface area contributed by atoms with Crippen LogP contribution in [0.4, 0.5) is 0 Å². The van der Waals surface area contributed by atoms with E-state index in [0.29, 0.717) is 11.6 Å². The summed E-state index contributed by atoms with van der Waals surface area (Å²) in [5, 5.41) is 4.13. The molecule has 0 saturated heterocycles. The molecule has 0 aliphatic rings. The summed E-state index contributed by atoms with van der Waals surface area (Å²) in [5.41, 5.74) is 1.81. The van der Waals surface area contributed by atoms with Crippen LogP contribution in [0.5, 0.6) is 0 Å². The van der Waals surface area contributed by atoms with Crippen molar-refractivity contribution in [1.82, 2.24) is 14.5 Å². The average molecular weight is 293 g/mol. The topological polar surface area (TPSA) is 64.0 Å². The third kappa shape index (κ3) is 3.46. The fourth-order valence-electron chi connectivity index (χ4n) is 1.84. The Kier molecular flexibility index (Phi) is 4.25. The Morgan fingerprint density at radius 1 is 1.20 bits per heavy atom.